The summed E-state index contributed by atoms with van der Waals surface area (Å²) in [5.74, 6) is -0.440. The van der Waals surface area contributed by atoms with Crippen molar-refractivity contribution in [1.29, 1.82) is 0 Å². The molecular formula is C12H15BrN2O5. The summed E-state index contributed by atoms with van der Waals surface area (Å²) in [4.78, 5) is 22.0. The number of nitrogens with one attached hydrogen (secondary N) is 1. The molecule has 0 heterocycles. The Hall–Kier alpha value is -1.51. The molecule has 1 aromatic carbocycles. The van der Waals surface area contributed by atoms with Gasteiger partial charge in [-0.2, -0.15) is 0 Å². The van der Waals surface area contributed by atoms with Gasteiger partial charge in [0.1, 0.15) is 0 Å². The highest BCUT2D eigenvalue weighted by atomic mass is 79.9. The number of methoxy groups -OCH3 is 1. The van der Waals surface area contributed by atoms with Gasteiger partial charge in [0.05, 0.1) is 23.2 Å². The van der Waals surface area contributed by atoms with Crippen LogP contribution in [0.5, 0.6) is 0 Å². The van der Waals surface area contributed by atoms with Crippen LogP contribution < -0.4 is 5.32 Å². The van der Waals surface area contributed by atoms with Crippen LogP contribution >= 0.6 is 15.9 Å². The molecule has 0 radical (unpaired) electrons. The van der Waals surface area contributed by atoms with Crippen molar-refractivity contribution in [2.75, 3.05) is 20.3 Å². The Kier molecular flexibility index (Phi) is 6.56. The lowest BCUT2D eigenvalue weighted by atomic mass is 10.2. The van der Waals surface area contributed by atoms with Crippen LogP contribution in [0.1, 0.15) is 16.8 Å². The number of nitro benzene ring substituents is 1. The number of hydrogen-bond acceptors (Lipinski definition) is 5. The normalized spacial score (nSPS) is 11.9. The highest BCUT2D eigenvalue weighted by Gasteiger charge is 2.15. The number of halogens is 1. The van der Waals surface area contributed by atoms with Crippen molar-refractivity contribution in [2.45, 2.75) is 12.5 Å². The molecule has 1 unspecified atom stereocenters. The van der Waals surface area contributed by atoms with Gasteiger partial charge in [-0.3, -0.25) is 14.9 Å². The number of ether oxygens (including phenoxy) is 1. The summed E-state index contributed by atoms with van der Waals surface area (Å²) >= 11 is 3.17. The monoisotopic (exact) mass is 346 g/mol. The number of carbonyl (C=O) groups is 1. The highest BCUT2D eigenvalue weighted by Crippen LogP contribution is 2.22. The first-order valence-corrected chi connectivity index (χ1v) is 6.64. The molecule has 7 nitrogen and oxygen atoms in total. The summed E-state index contributed by atoms with van der Waals surface area (Å²) in [7, 11) is 1.47. The van der Waals surface area contributed by atoms with Crippen molar-refractivity contribution < 1.29 is 19.6 Å². The molecule has 0 fully saturated rings. The Balaban J connectivity index is 2.63. The third-order valence-electron chi connectivity index (χ3n) is 2.53. The van der Waals surface area contributed by atoms with Gasteiger partial charge in [-0.1, -0.05) is 0 Å². The fourth-order valence-corrected chi connectivity index (χ4v) is 1.95. The molecule has 0 bridgehead atoms. The van der Waals surface area contributed by atoms with E-state index in [0.29, 0.717) is 10.9 Å². The number of nitro groups is 1. The Morgan fingerprint density at radius 2 is 2.30 bits per heavy atom. The van der Waals surface area contributed by atoms with E-state index in [-0.39, 0.29) is 24.4 Å². The summed E-state index contributed by atoms with van der Waals surface area (Å²) in [6.07, 6.45) is -0.319. The number of carbonyl (C=O) groups excluding carboxylic acids is 1. The van der Waals surface area contributed by atoms with E-state index < -0.39 is 16.9 Å². The largest absolute Gasteiger partial charge is 0.391 e. The first-order chi connectivity index (χ1) is 9.45. The third-order valence-corrected chi connectivity index (χ3v) is 3.22. The predicted molar refractivity (Wildman–Crippen MR) is 75.6 cm³/mol. The molecule has 0 saturated heterocycles. The molecule has 0 saturated carbocycles. The maximum atomic E-state index is 11.9. The average molecular weight is 347 g/mol. The van der Waals surface area contributed by atoms with E-state index >= 15 is 0 Å². The molecule has 8 heteroatoms. The topological polar surface area (TPSA) is 102 Å². The Bertz CT molecular complexity index is 495. The van der Waals surface area contributed by atoms with E-state index in [0.717, 1.165) is 0 Å². The molecule has 0 spiro atoms. The molecule has 1 amide bonds. The minimum Gasteiger partial charge on any atom is -0.391 e. The SMILES string of the molecule is COCC(O)CCNC(=O)c1cc([N+](=O)[O-])ccc1Br. The summed E-state index contributed by atoms with van der Waals surface area (Å²) in [5, 5.41) is 22.7. The van der Waals surface area contributed by atoms with Gasteiger partial charge in [0.25, 0.3) is 11.6 Å². The molecule has 0 aliphatic carbocycles. The van der Waals surface area contributed by atoms with Crippen LogP contribution in [0.3, 0.4) is 0 Å². The minimum absolute atomic E-state index is 0.155. The van der Waals surface area contributed by atoms with Gasteiger partial charge >= 0.3 is 0 Å². The Morgan fingerprint density at radius 1 is 1.60 bits per heavy atom. The number of hydrogen-bond donors (Lipinski definition) is 2. The summed E-state index contributed by atoms with van der Waals surface area (Å²) in [5.41, 5.74) is 0.0261. The van der Waals surface area contributed by atoms with Crippen LogP contribution in [0.2, 0.25) is 0 Å². The molecule has 1 aromatic rings. The molecule has 20 heavy (non-hydrogen) atoms. The second-order valence-corrected chi connectivity index (χ2v) is 4.93. The van der Waals surface area contributed by atoms with Crippen LogP contribution in [-0.4, -0.2) is 42.3 Å². The molecule has 0 aliphatic heterocycles. The van der Waals surface area contributed by atoms with Gasteiger partial charge in [0.15, 0.2) is 0 Å². The van der Waals surface area contributed by atoms with Crippen molar-refractivity contribution in [3.05, 3.63) is 38.3 Å². The molecule has 1 atom stereocenters. The minimum atomic E-state index is -0.658. The molecule has 1 rings (SSSR count). The molecular weight excluding hydrogens is 332 g/mol. The predicted octanol–water partition coefficient (Wildman–Crippen LogP) is 1.48. The third kappa shape index (κ3) is 4.87. The maximum Gasteiger partial charge on any atom is 0.270 e. The van der Waals surface area contributed by atoms with Crippen molar-refractivity contribution in [3.63, 3.8) is 0 Å². The smallest absolute Gasteiger partial charge is 0.270 e. The van der Waals surface area contributed by atoms with Crippen LogP contribution in [0.15, 0.2) is 22.7 Å². The van der Waals surface area contributed by atoms with Gasteiger partial charge in [-0.15, -0.1) is 0 Å². The van der Waals surface area contributed by atoms with Gasteiger partial charge in [-0.25, -0.2) is 0 Å². The number of aliphatic hydroxyl groups is 1. The van der Waals surface area contributed by atoms with Gasteiger partial charge < -0.3 is 15.2 Å². The molecule has 0 aromatic heterocycles. The number of amides is 1. The van der Waals surface area contributed by atoms with E-state index in [1.165, 1.54) is 25.3 Å². The Morgan fingerprint density at radius 3 is 2.90 bits per heavy atom. The van der Waals surface area contributed by atoms with Crippen molar-refractivity contribution in [1.82, 2.24) is 5.32 Å². The zero-order valence-corrected chi connectivity index (χ0v) is 12.4. The molecule has 110 valence electrons. The summed E-state index contributed by atoms with van der Waals surface area (Å²) in [6, 6.07) is 3.96. The second-order valence-electron chi connectivity index (χ2n) is 4.08. The highest BCUT2D eigenvalue weighted by molar-refractivity contribution is 9.10. The first kappa shape index (κ1) is 16.5. The fraction of sp³-hybridized carbons (Fsp3) is 0.417. The number of non-ortho nitro benzene ring substituents is 1. The summed E-state index contributed by atoms with van der Waals surface area (Å²) in [6.45, 7) is 0.439. The lowest BCUT2D eigenvalue weighted by molar-refractivity contribution is -0.384. The van der Waals surface area contributed by atoms with Crippen LogP contribution in [0, 0.1) is 10.1 Å². The van der Waals surface area contributed by atoms with Crippen molar-refractivity contribution in [2.24, 2.45) is 0 Å². The van der Waals surface area contributed by atoms with Crippen LogP contribution in [0.4, 0.5) is 5.69 Å². The van der Waals surface area contributed by atoms with E-state index in [4.69, 9.17) is 4.74 Å². The number of aliphatic hydroxyl groups excluding tert-OH is 1. The average Bonchev–Trinajstić information content (AvgIpc) is 2.39. The van der Waals surface area contributed by atoms with Gasteiger partial charge in [-0.05, 0) is 28.4 Å². The number of rotatable bonds is 7. The van der Waals surface area contributed by atoms with Gasteiger partial charge in [0, 0.05) is 30.3 Å². The fourth-order valence-electron chi connectivity index (χ4n) is 1.52. The number of nitrogens with zero attached hydrogens (tertiary/aromatic N) is 1. The van der Waals surface area contributed by atoms with Gasteiger partial charge in [0.2, 0.25) is 0 Å². The number of benzene rings is 1. The van der Waals surface area contributed by atoms with E-state index in [1.807, 2.05) is 0 Å². The lowest BCUT2D eigenvalue weighted by Crippen LogP contribution is -2.28. The van der Waals surface area contributed by atoms with Crippen molar-refractivity contribution >= 4 is 27.5 Å². The van der Waals surface area contributed by atoms with Crippen molar-refractivity contribution in [3.8, 4) is 0 Å². The van der Waals surface area contributed by atoms with Crippen LogP contribution in [-0.2, 0) is 4.74 Å². The van der Waals surface area contributed by atoms with E-state index in [2.05, 4.69) is 21.2 Å². The van der Waals surface area contributed by atoms with Crippen LogP contribution in [0.25, 0.3) is 0 Å². The molecule has 2 N–H and O–H groups in total. The van der Waals surface area contributed by atoms with E-state index in [9.17, 15) is 20.0 Å². The maximum absolute atomic E-state index is 11.9. The standard InChI is InChI=1S/C12H15BrN2O5/c1-20-7-9(16)4-5-14-12(17)10-6-8(15(18)19)2-3-11(10)13/h2-3,6,9,16H,4-5,7H2,1H3,(H,14,17). The lowest BCUT2D eigenvalue weighted by Gasteiger charge is -2.10. The van der Waals surface area contributed by atoms with E-state index in [1.54, 1.807) is 0 Å². The Labute approximate surface area is 124 Å². The first-order valence-electron chi connectivity index (χ1n) is 5.85. The zero-order chi connectivity index (χ0) is 15.1. The molecule has 0 aliphatic rings. The zero-order valence-electron chi connectivity index (χ0n) is 10.8. The quantitative estimate of drug-likeness (QED) is 0.575. The summed E-state index contributed by atoms with van der Waals surface area (Å²) < 4.78 is 5.23. The second kappa shape index (κ2) is 7.93.